The van der Waals surface area contributed by atoms with Crippen LogP contribution in [0.5, 0.6) is 0 Å². The number of hydrogen-bond acceptors (Lipinski definition) is 3. The molecule has 1 aliphatic rings. The number of benzene rings is 1. The zero-order valence-corrected chi connectivity index (χ0v) is 12.0. The van der Waals surface area contributed by atoms with E-state index in [1.165, 1.54) is 12.1 Å². The molecule has 0 bridgehead atoms. The molecule has 1 fully saturated rings. The summed E-state index contributed by atoms with van der Waals surface area (Å²) >= 11 is 0. The lowest BCUT2D eigenvalue weighted by atomic mass is 10.1. The van der Waals surface area contributed by atoms with Gasteiger partial charge in [0.2, 0.25) is 0 Å². The van der Waals surface area contributed by atoms with Crippen LogP contribution in [-0.4, -0.2) is 37.6 Å². The Balaban J connectivity index is 2.07. The minimum absolute atomic E-state index is 0.0460. The quantitative estimate of drug-likeness (QED) is 0.731. The van der Waals surface area contributed by atoms with Gasteiger partial charge in [0.25, 0.3) is 5.91 Å². The number of nitrogens with one attached hydrogen (secondary N) is 2. The Morgan fingerprint density at radius 3 is 3.05 bits per heavy atom. The van der Waals surface area contributed by atoms with Crippen LogP contribution in [0.2, 0.25) is 0 Å². The molecule has 1 aromatic carbocycles. The number of amides is 1. The highest BCUT2D eigenvalue weighted by atomic mass is 19.1. The molecule has 21 heavy (non-hydrogen) atoms. The van der Waals surface area contributed by atoms with Gasteiger partial charge in [0.15, 0.2) is 6.04 Å². The van der Waals surface area contributed by atoms with Gasteiger partial charge in [-0.25, -0.2) is 4.39 Å². The summed E-state index contributed by atoms with van der Waals surface area (Å²) in [6, 6.07) is 5.83. The molecule has 0 aromatic heterocycles. The van der Waals surface area contributed by atoms with Crippen molar-refractivity contribution in [2.75, 3.05) is 19.7 Å². The molecule has 1 amide bonds. The van der Waals surface area contributed by atoms with Gasteiger partial charge in [-0.3, -0.25) is 9.59 Å². The van der Waals surface area contributed by atoms with Crippen molar-refractivity contribution in [2.45, 2.75) is 25.9 Å². The Morgan fingerprint density at radius 1 is 1.52 bits per heavy atom. The van der Waals surface area contributed by atoms with E-state index in [0.29, 0.717) is 26.2 Å². The molecular formula is C15H20FN2O3+. The molecular weight excluding hydrogens is 275 g/mol. The highest BCUT2D eigenvalue weighted by Crippen LogP contribution is 2.03. The predicted octanol–water partition coefficient (Wildman–Crippen LogP) is -0.338. The first kappa shape index (κ1) is 15.4. The van der Waals surface area contributed by atoms with E-state index in [-0.39, 0.29) is 24.1 Å². The number of piperazine rings is 1. The van der Waals surface area contributed by atoms with Crippen molar-refractivity contribution in [3.05, 3.63) is 35.6 Å². The van der Waals surface area contributed by atoms with Crippen LogP contribution in [-0.2, 0) is 20.9 Å². The largest absolute Gasteiger partial charge is 0.466 e. The van der Waals surface area contributed by atoms with Crippen LogP contribution in [0.3, 0.4) is 0 Å². The molecule has 1 heterocycles. The van der Waals surface area contributed by atoms with Gasteiger partial charge in [-0.05, 0) is 19.1 Å². The van der Waals surface area contributed by atoms with E-state index in [2.05, 4.69) is 5.32 Å². The van der Waals surface area contributed by atoms with Gasteiger partial charge in [0.1, 0.15) is 18.8 Å². The van der Waals surface area contributed by atoms with E-state index in [0.717, 1.165) is 10.5 Å². The molecule has 0 spiro atoms. The second-order valence-corrected chi connectivity index (χ2v) is 5.07. The van der Waals surface area contributed by atoms with E-state index >= 15 is 0 Å². The zero-order valence-electron chi connectivity index (χ0n) is 12.0. The third kappa shape index (κ3) is 4.26. The van der Waals surface area contributed by atoms with Gasteiger partial charge in [0, 0.05) is 5.56 Å². The molecule has 1 aliphatic heterocycles. The van der Waals surface area contributed by atoms with Gasteiger partial charge in [-0.2, -0.15) is 0 Å². The summed E-state index contributed by atoms with van der Waals surface area (Å²) in [5, 5.41) is 2.77. The van der Waals surface area contributed by atoms with Crippen molar-refractivity contribution in [3.63, 3.8) is 0 Å². The number of carbonyl (C=O) groups excluding carboxylic acids is 2. The lowest BCUT2D eigenvalue weighted by Crippen LogP contribution is -3.18. The standard InChI is InChI=1S/C15H19FN2O3/c1-2-21-14(19)9-13-15(20)17-6-7-18(13)10-11-4-3-5-12(16)8-11/h3-5,8,13H,2,6-7,9-10H2,1H3,(H,17,20)/p+1. The van der Waals surface area contributed by atoms with Gasteiger partial charge in [0.05, 0.1) is 19.7 Å². The average molecular weight is 295 g/mol. The third-order valence-electron chi connectivity index (χ3n) is 3.55. The van der Waals surface area contributed by atoms with Crippen molar-refractivity contribution in [3.8, 4) is 0 Å². The second kappa shape index (κ2) is 7.17. The third-order valence-corrected chi connectivity index (χ3v) is 3.55. The van der Waals surface area contributed by atoms with E-state index in [1.54, 1.807) is 13.0 Å². The molecule has 2 N–H and O–H groups in total. The predicted molar refractivity (Wildman–Crippen MR) is 74.0 cm³/mol. The summed E-state index contributed by atoms with van der Waals surface area (Å²) < 4.78 is 18.2. The summed E-state index contributed by atoms with van der Waals surface area (Å²) in [5.41, 5.74) is 0.813. The normalized spacial score (nSPS) is 21.7. The molecule has 2 atom stereocenters. The molecule has 2 rings (SSSR count). The van der Waals surface area contributed by atoms with Crippen molar-refractivity contribution in [1.82, 2.24) is 5.32 Å². The summed E-state index contributed by atoms with van der Waals surface area (Å²) in [4.78, 5) is 24.6. The van der Waals surface area contributed by atoms with Crippen molar-refractivity contribution < 1.29 is 23.6 Å². The smallest absolute Gasteiger partial charge is 0.312 e. The molecule has 0 aliphatic carbocycles. The molecule has 5 nitrogen and oxygen atoms in total. The Hall–Kier alpha value is -1.95. The Morgan fingerprint density at radius 2 is 2.33 bits per heavy atom. The highest BCUT2D eigenvalue weighted by Gasteiger charge is 2.35. The van der Waals surface area contributed by atoms with Gasteiger partial charge < -0.3 is 15.0 Å². The maximum Gasteiger partial charge on any atom is 0.312 e. The van der Waals surface area contributed by atoms with Crippen LogP contribution in [0.15, 0.2) is 24.3 Å². The monoisotopic (exact) mass is 295 g/mol. The van der Waals surface area contributed by atoms with Crippen molar-refractivity contribution >= 4 is 11.9 Å². The summed E-state index contributed by atoms with van der Waals surface area (Å²) in [7, 11) is 0. The second-order valence-electron chi connectivity index (χ2n) is 5.07. The Labute approximate surface area is 123 Å². The zero-order chi connectivity index (χ0) is 15.2. The number of halogens is 1. The Kier molecular flexibility index (Phi) is 5.27. The number of quaternary nitrogens is 1. The fourth-order valence-electron chi connectivity index (χ4n) is 2.57. The lowest BCUT2D eigenvalue weighted by molar-refractivity contribution is -0.930. The molecule has 1 aromatic rings. The summed E-state index contributed by atoms with van der Waals surface area (Å²) in [6.07, 6.45) is 0.0460. The topological polar surface area (TPSA) is 59.8 Å². The molecule has 114 valence electrons. The molecule has 2 unspecified atom stereocenters. The first-order valence-electron chi connectivity index (χ1n) is 7.12. The summed E-state index contributed by atoms with van der Waals surface area (Å²) in [5.74, 6) is -0.827. The van der Waals surface area contributed by atoms with Crippen LogP contribution in [0.25, 0.3) is 0 Å². The van der Waals surface area contributed by atoms with Crippen LogP contribution >= 0.6 is 0 Å². The van der Waals surface area contributed by atoms with E-state index in [4.69, 9.17) is 4.74 Å². The number of esters is 1. The minimum Gasteiger partial charge on any atom is -0.466 e. The Bertz CT molecular complexity index is 521. The van der Waals surface area contributed by atoms with E-state index in [9.17, 15) is 14.0 Å². The van der Waals surface area contributed by atoms with Gasteiger partial charge in [-0.1, -0.05) is 12.1 Å². The number of ether oxygens (including phenoxy) is 1. The van der Waals surface area contributed by atoms with Crippen molar-refractivity contribution in [2.24, 2.45) is 0 Å². The minimum atomic E-state index is -0.485. The van der Waals surface area contributed by atoms with E-state index in [1.807, 2.05) is 6.07 Å². The average Bonchev–Trinajstić information content (AvgIpc) is 2.43. The fourth-order valence-corrected chi connectivity index (χ4v) is 2.57. The van der Waals surface area contributed by atoms with Crippen LogP contribution in [0, 0.1) is 5.82 Å². The van der Waals surface area contributed by atoms with Crippen molar-refractivity contribution in [1.29, 1.82) is 0 Å². The van der Waals surface area contributed by atoms with Crippen LogP contribution in [0.4, 0.5) is 4.39 Å². The lowest BCUT2D eigenvalue weighted by Gasteiger charge is -2.31. The van der Waals surface area contributed by atoms with Crippen LogP contribution < -0.4 is 10.2 Å². The first-order chi connectivity index (χ1) is 10.1. The highest BCUT2D eigenvalue weighted by molar-refractivity contribution is 5.85. The molecule has 6 heteroatoms. The number of hydrogen-bond donors (Lipinski definition) is 2. The van der Waals surface area contributed by atoms with E-state index < -0.39 is 6.04 Å². The number of carbonyl (C=O) groups is 2. The maximum absolute atomic E-state index is 13.2. The summed E-state index contributed by atoms with van der Waals surface area (Å²) in [6.45, 7) is 3.80. The SMILES string of the molecule is CCOC(=O)CC1C(=O)NCC[NH+]1Cc1cccc(F)c1. The maximum atomic E-state index is 13.2. The molecule has 0 saturated carbocycles. The first-order valence-corrected chi connectivity index (χ1v) is 7.12. The van der Waals surface area contributed by atoms with Gasteiger partial charge >= 0.3 is 5.97 Å². The van der Waals surface area contributed by atoms with Gasteiger partial charge in [-0.15, -0.1) is 0 Å². The molecule has 1 saturated heterocycles. The number of rotatable bonds is 5. The van der Waals surface area contributed by atoms with Crippen LogP contribution in [0.1, 0.15) is 18.9 Å². The molecule has 0 radical (unpaired) electrons. The fraction of sp³-hybridized carbons (Fsp3) is 0.467.